The monoisotopic (exact) mass is 268 g/mol. The van der Waals surface area contributed by atoms with Crippen molar-refractivity contribution < 1.29 is 14.4 Å². The van der Waals surface area contributed by atoms with E-state index in [2.05, 4.69) is 5.32 Å². The molecule has 0 aliphatic heterocycles. The van der Waals surface area contributed by atoms with E-state index in [1.165, 1.54) is 13.2 Å². The first kappa shape index (κ1) is 15.4. The van der Waals surface area contributed by atoms with E-state index in [1.54, 1.807) is 13.2 Å². The molecule has 0 saturated carbocycles. The maximum Gasteiger partial charge on any atom is 0.311 e. The number of nitrogens with zero attached hydrogens (tertiary/aromatic N) is 1. The zero-order chi connectivity index (χ0) is 14.5. The molecular weight excluding hydrogens is 248 g/mol. The molecule has 6 heteroatoms. The molecule has 0 aliphatic rings. The predicted molar refractivity (Wildman–Crippen MR) is 72.4 cm³/mol. The van der Waals surface area contributed by atoms with Gasteiger partial charge in [-0.1, -0.05) is 6.07 Å². The SMILES string of the molecule is COCC(C)(C)NCc1ccc(OC)c([N+](=O)[O-])c1. The van der Waals surface area contributed by atoms with E-state index in [1.807, 2.05) is 19.9 Å². The molecule has 0 atom stereocenters. The number of methoxy groups -OCH3 is 2. The van der Waals surface area contributed by atoms with Gasteiger partial charge >= 0.3 is 5.69 Å². The molecule has 0 unspecified atom stereocenters. The third-order valence-electron chi connectivity index (χ3n) is 2.72. The molecule has 0 aromatic heterocycles. The van der Waals surface area contributed by atoms with Gasteiger partial charge in [-0.3, -0.25) is 10.1 Å². The number of rotatable bonds is 7. The number of nitrogens with one attached hydrogen (secondary N) is 1. The highest BCUT2D eigenvalue weighted by molar-refractivity contribution is 5.48. The van der Waals surface area contributed by atoms with Gasteiger partial charge in [0, 0.05) is 25.3 Å². The van der Waals surface area contributed by atoms with E-state index in [0.717, 1.165) is 5.56 Å². The Hall–Kier alpha value is -1.66. The fourth-order valence-corrected chi connectivity index (χ4v) is 1.74. The summed E-state index contributed by atoms with van der Waals surface area (Å²) in [7, 11) is 3.06. The van der Waals surface area contributed by atoms with Crippen LogP contribution in [0.1, 0.15) is 19.4 Å². The normalized spacial score (nSPS) is 11.4. The molecule has 0 heterocycles. The van der Waals surface area contributed by atoms with Crippen molar-refractivity contribution >= 4 is 5.69 Å². The number of hydrogen-bond acceptors (Lipinski definition) is 5. The first-order chi connectivity index (χ1) is 8.89. The Labute approximate surface area is 112 Å². The quantitative estimate of drug-likeness (QED) is 0.605. The second kappa shape index (κ2) is 6.49. The molecule has 0 radical (unpaired) electrons. The Bertz CT molecular complexity index is 446. The lowest BCUT2D eigenvalue weighted by Crippen LogP contribution is -2.42. The highest BCUT2D eigenvalue weighted by atomic mass is 16.6. The van der Waals surface area contributed by atoms with E-state index in [0.29, 0.717) is 13.2 Å². The third-order valence-corrected chi connectivity index (χ3v) is 2.72. The van der Waals surface area contributed by atoms with Crippen molar-refractivity contribution in [3.63, 3.8) is 0 Å². The van der Waals surface area contributed by atoms with Gasteiger partial charge in [0.25, 0.3) is 0 Å². The molecule has 0 spiro atoms. The zero-order valence-corrected chi connectivity index (χ0v) is 11.7. The number of ether oxygens (including phenoxy) is 2. The number of nitro benzene ring substituents is 1. The van der Waals surface area contributed by atoms with Crippen LogP contribution in [0.2, 0.25) is 0 Å². The van der Waals surface area contributed by atoms with Gasteiger partial charge in [-0.05, 0) is 25.5 Å². The van der Waals surface area contributed by atoms with Crippen LogP contribution in [0.15, 0.2) is 18.2 Å². The summed E-state index contributed by atoms with van der Waals surface area (Å²) in [6.45, 7) is 5.11. The molecule has 0 aliphatic carbocycles. The lowest BCUT2D eigenvalue weighted by atomic mass is 10.1. The van der Waals surface area contributed by atoms with Crippen LogP contribution >= 0.6 is 0 Å². The fourth-order valence-electron chi connectivity index (χ4n) is 1.74. The van der Waals surface area contributed by atoms with Crippen LogP contribution in [-0.2, 0) is 11.3 Å². The summed E-state index contributed by atoms with van der Waals surface area (Å²) in [6.07, 6.45) is 0. The first-order valence-corrected chi connectivity index (χ1v) is 5.95. The fraction of sp³-hybridized carbons (Fsp3) is 0.538. The highest BCUT2D eigenvalue weighted by Gasteiger charge is 2.18. The summed E-state index contributed by atoms with van der Waals surface area (Å²) in [4.78, 5) is 10.5. The Morgan fingerprint density at radius 2 is 2.05 bits per heavy atom. The molecule has 6 nitrogen and oxygen atoms in total. The lowest BCUT2D eigenvalue weighted by molar-refractivity contribution is -0.385. The van der Waals surface area contributed by atoms with Gasteiger partial charge < -0.3 is 14.8 Å². The van der Waals surface area contributed by atoms with Crippen molar-refractivity contribution in [3.05, 3.63) is 33.9 Å². The molecule has 0 bridgehead atoms. The van der Waals surface area contributed by atoms with E-state index < -0.39 is 4.92 Å². The van der Waals surface area contributed by atoms with Crippen molar-refractivity contribution in [2.45, 2.75) is 25.9 Å². The average Bonchev–Trinajstić information content (AvgIpc) is 2.36. The topological polar surface area (TPSA) is 73.6 Å². The molecule has 106 valence electrons. The standard InChI is InChI=1S/C13H20N2O4/c1-13(2,9-18-3)14-8-10-5-6-12(19-4)11(7-10)15(16)17/h5-7,14H,8-9H2,1-4H3. The maximum absolute atomic E-state index is 10.9. The van der Waals surface area contributed by atoms with Crippen LogP contribution in [-0.4, -0.2) is 31.3 Å². The zero-order valence-electron chi connectivity index (χ0n) is 11.7. The Kier molecular flexibility index (Phi) is 5.26. The summed E-state index contributed by atoms with van der Waals surface area (Å²) >= 11 is 0. The van der Waals surface area contributed by atoms with Crippen molar-refractivity contribution in [2.75, 3.05) is 20.8 Å². The second-order valence-electron chi connectivity index (χ2n) is 4.93. The first-order valence-electron chi connectivity index (χ1n) is 5.95. The van der Waals surface area contributed by atoms with Crippen LogP contribution in [0.5, 0.6) is 5.75 Å². The van der Waals surface area contributed by atoms with E-state index in [4.69, 9.17) is 9.47 Å². The Morgan fingerprint density at radius 3 is 2.58 bits per heavy atom. The second-order valence-corrected chi connectivity index (χ2v) is 4.93. The number of benzene rings is 1. The molecule has 0 saturated heterocycles. The highest BCUT2D eigenvalue weighted by Crippen LogP contribution is 2.27. The summed E-state index contributed by atoms with van der Waals surface area (Å²) < 4.78 is 10.1. The van der Waals surface area contributed by atoms with Gasteiger partial charge in [0.15, 0.2) is 5.75 Å². The van der Waals surface area contributed by atoms with Crippen LogP contribution < -0.4 is 10.1 Å². The van der Waals surface area contributed by atoms with E-state index in [-0.39, 0.29) is 17.0 Å². The van der Waals surface area contributed by atoms with Gasteiger partial charge in [-0.2, -0.15) is 0 Å². The molecule has 0 fully saturated rings. The molecule has 1 aromatic carbocycles. The molecule has 1 N–H and O–H groups in total. The van der Waals surface area contributed by atoms with E-state index >= 15 is 0 Å². The average molecular weight is 268 g/mol. The lowest BCUT2D eigenvalue weighted by Gasteiger charge is -2.25. The minimum Gasteiger partial charge on any atom is -0.490 e. The van der Waals surface area contributed by atoms with Crippen LogP contribution in [0, 0.1) is 10.1 Å². The van der Waals surface area contributed by atoms with Gasteiger partial charge in [0.1, 0.15) is 0 Å². The summed E-state index contributed by atoms with van der Waals surface area (Å²) in [6, 6.07) is 4.94. The van der Waals surface area contributed by atoms with E-state index in [9.17, 15) is 10.1 Å². The predicted octanol–water partition coefficient (Wildman–Crippen LogP) is 2.12. The van der Waals surface area contributed by atoms with Crippen molar-refractivity contribution in [2.24, 2.45) is 0 Å². The van der Waals surface area contributed by atoms with Crippen molar-refractivity contribution in [1.29, 1.82) is 0 Å². The Balaban J connectivity index is 2.80. The Morgan fingerprint density at radius 1 is 1.37 bits per heavy atom. The molecule has 1 rings (SSSR count). The number of nitro groups is 1. The smallest absolute Gasteiger partial charge is 0.311 e. The molecule has 0 amide bonds. The van der Waals surface area contributed by atoms with Crippen molar-refractivity contribution in [1.82, 2.24) is 5.32 Å². The van der Waals surface area contributed by atoms with Crippen LogP contribution in [0.4, 0.5) is 5.69 Å². The van der Waals surface area contributed by atoms with Gasteiger partial charge in [0.2, 0.25) is 0 Å². The maximum atomic E-state index is 10.9. The summed E-state index contributed by atoms with van der Waals surface area (Å²) in [5, 5.41) is 14.2. The largest absolute Gasteiger partial charge is 0.490 e. The minimum absolute atomic E-state index is 0.0219. The van der Waals surface area contributed by atoms with Crippen LogP contribution in [0.25, 0.3) is 0 Å². The van der Waals surface area contributed by atoms with Gasteiger partial charge in [0.05, 0.1) is 18.6 Å². The van der Waals surface area contributed by atoms with Gasteiger partial charge in [-0.15, -0.1) is 0 Å². The number of hydrogen-bond donors (Lipinski definition) is 1. The molecule has 19 heavy (non-hydrogen) atoms. The third kappa shape index (κ3) is 4.50. The van der Waals surface area contributed by atoms with Crippen LogP contribution in [0.3, 0.4) is 0 Å². The summed E-state index contributed by atoms with van der Waals surface area (Å²) in [5.41, 5.74) is 0.617. The minimum atomic E-state index is -0.442. The summed E-state index contributed by atoms with van der Waals surface area (Å²) in [5.74, 6) is 0.268. The van der Waals surface area contributed by atoms with Gasteiger partial charge in [-0.25, -0.2) is 0 Å². The molecular formula is C13H20N2O4. The molecule has 1 aromatic rings. The van der Waals surface area contributed by atoms with Crippen molar-refractivity contribution in [3.8, 4) is 5.75 Å².